The van der Waals surface area contributed by atoms with Gasteiger partial charge in [-0.3, -0.25) is 0 Å². The highest BCUT2D eigenvalue weighted by molar-refractivity contribution is 5.68. The van der Waals surface area contributed by atoms with Crippen LogP contribution in [-0.4, -0.2) is 0 Å². The first kappa shape index (κ1) is 12.0. The summed E-state index contributed by atoms with van der Waals surface area (Å²) in [7, 11) is 0. The van der Waals surface area contributed by atoms with Gasteiger partial charge in [0.25, 0.3) is 0 Å². The number of allylic oxidation sites excluding steroid dienone is 8. The van der Waals surface area contributed by atoms with E-state index in [1.165, 1.54) is 0 Å². The van der Waals surface area contributed by atoms with E-state index in [0.717, 1.165) is 11.1 Å². The first-order chi connectivity index (χ1) is 9.69. The van der Waals surface area contributed by atoms with Gasteiger partial charge in [0.15, 0.2) is 0 Å². The molecule has 4 nitrogen and oxygen atoms in total. The molecule has 0 aromatic heterocycles. The molecule has 92 valence electrons. The number of nitriles is 4. The van der Waals surface area contributed by atoms with Crippen molar-refractivity contribution in [3.05, 3.63) is 46.6 Å². The van der Waals surface area contributed by atoms with Gasteiger partial charge in [-0.25, -0.2) is 0 Å². The molecule has 0 heterocycles. The minimum Gasteiger partial charge on any atom is -0.192 e. The molecular weight excluding hydrogens is 248 g/mol. The van der Waals surface area contributed by atoms with Gasteiger partial charge in [-0.1, -0.05) is 24.3 Å². The molecule has 3 aliphatic carbocycles. The summed E-state index contributed by atoms with van der Waals surface area (Å²) in [6.07, 6.45) is 8.92. The van der Waals surface area contributed by atoms with Crippen LogP contribution in [-0.2, 0) is 0 Å². The minimum absolute atomic E-state index is 0.151. The molecule has 0 N–H and O–H groups in total. The number of rotatable bonds is 0. The molecule has 1 saturated carbocycles. The van der Waals surface area contributed by atoms with Crippen molar-refractivity contribution in [3.63, 3.8) is 0 Å². The summed E-state index contributed by atoms with van der Waals surface area (Å²) in [6, 6.07) is 7.84. The molecule has 1 fully saturated rings. The highest BCUT2D eigenvalue weighted by Gasteiger charge is 2.63. The molecule has 0 bridgehead atoms. The Hall–Kier alpha value is -3.08. The second-order valence-electron chi connectivity index (χ2n) is 5.06. The monoisotopic (exact) mass is 256 g/mol. The van der Waals surface area contributed by atoms with Crippen LogP contribution in [0.5, 0.6) is 0 Å². The average Bonchev–Trinajstić information content (AvgIpc) is 2.45. The molecule has 20 heavy (non-hydrogen) atoms. The lowest BCUT2D eigenvalue weighted by Crippen LogP contribution is -2.54. The second-order valence-corrected chi connectivity index (χ2v) is 5.06. The normalized spacial score (nSPS) is 31.2. The first-order valence-electron chi connectivity index (χ1n) is 6.17. The lowest BCUT2D eigenvalue weighted by atomic mass is 9.39. The topological polar surface area (TPSA) is 95.2 Å². The van der Waals surface area contributed by atoms with E-state index in [0.29, 0.717) is 12.8 Å². The Morgan fingerprint density at radius 3 is 1.20 bits per heavy atom. The average molecular weight is 256 g/mol. The van der Waals surface area contributed by atoms with Crippen LogP contribution in [0.4, 0.5) is 0 Å². The highest BCUT2D eigenvalue weighted by atomic mass is 14.6. The maximum absolute atomic E-state index is 9.10. The quantitative estimate of drug-likeness (QED) is 0.491. The Balaban J connectivity index is 2.25. The molecule has 0 aromatic rings. The maximum Gasteiger partial charge on any atom is 0.130 e. The van der Waals surface area contributed by atoms with Gasteiger partial charge in [0, 0.05) is 10.8 Å². The van der Waals surface area contributed by atoms with E-state index in [1.807, 2.05) is 48.6 Å². The Labute approximate surface area is 116 Å². The van der Waals surface area contributed by atoms with E-state index in [4.69, 9.17) is 21.0 Å². The van der Waals surface area contributed by atoms with E-state index in [-0.39, 0.29) is 11.1 Å². The molecule has 0 unspecified atom stereocenters. The van der Waals surface area contributed by atoms with Crippen molar-refractivity contribution in [2.75, 3.05) is 0 Å². The standard InChI is InChI=1S/C16H8N4/c17-7-11(8-18)13-1-2-14(12(9-19)10-20)16-5-3-15(13,16)4-6-16/h3-6H,1-2H2. The molecule has 0 amide bonds. The van der Waals surface area contributed by atoms with Crippen molar-refractivity contribution in [3.8, 4) is 24.3 Å². The van der Waals surface area contributed by atoms with Crippen LogP contribution in [0.1, 0.15) is 12.8 Å². The van der Waals surface area contributed by atoms with Gasteiger partial charge in [-0.05, 0) is 24.0 Å². The van der Waals surface area contributed by atoms with Crippen LogP contribution in [0.15, 0.2) is 46.6 Å². The summed E-state index contributed by atoms with van der Waals surface area (Å²) >= 11 is 0. The summed E-state index contributed by atoms with van der Waals surface area (Å²) in [4.78, 5) is 0. The lowest BCUT2D eigenvalue weighted by Gasteiger charge is -2.62. The molecule has 0 atom stereocenters. The van der Waals surface area contributed by atoms with Crippen LogP contribution in [0, 0.1) is 56.2 Å². The summed E-state index contributed by atoms with van der Waals surface area (Å²) < 4.78 is 0. The molecule has 3 aliphatic rings. The van der Waals surface area contributed by atoms with Gasteiger partial charge in [0.1, 0.15) is 35.4 Å². The summed E-state index contributed by atoms with van der Waals surface area (Å²) in [6.45, 7) is 0. The fourth-order valence-electron chi connectivity index (χ4n) is 3.54. The predicted molar refractivity (Wildman–Crippen MR) is 68.9 cm³/mol. The third kappa shape index (κ3) is 1.03. The number of nitrogens with zero attached hydrogens (tertiary/aromatic N) is 4. The molecular formula is C16H8N4. The van der Waals surface area contributed by atoms with E-state index >= 15 is 0 Å². The van der Waals surface area contributed by atoms with E-state index in [2.05, 4.69) is 0 Å². The predicted octanol–water partition coefficient (Wildman–Crippen LogP) is 2.58. The largest absolute Gasteiger partial charge is 0.192 e. The van der Waals surface area contributed by atoms with Crippen molar-refractivity contribution < 1.29 is 0 Å². The Morgan fingerprint density at radius 1 is 0.700 bits per heavy atom. The van der Waals surface area contributed by atoms with Crippen LogP contribution < -0.4 is 0 Å². The summed E-state index contributed by atoms with van der Waals surface area (Å²) in [5, 5.41) is 36.4. The van der Waals surface area contributed by atoms with Gasteiger partial charge in [-0.2, -0.15) is 21.0 Å². The molecule has 0 aromatic carbocycles. The van der Waals surface area contributed by atoms with Gasteiger partial charge < -0.3 is 0 Å². The minimum atomic E-state index is -0.458. The van der Waals surface area contributed by atoms with Crippen molar-refractivity contribution in [1.29, 1.82) is 21.0 Å². The molecule has 0 saturated heterocycles. The zero-order chi connectivity index (χ0) is 14.4. The maximum atomic E-state index is 9.10. The highest BCUT2D eigenvalue weighted by Crippen LogP contribution is 2.71. The van der Waals surface area contributed by atoms with Crippen molar-refractivity contribution in [1.82, 2.24) is 0 Å². The Kier molecular flexibility index (Phi) is 2.22. The van der Waals surface area contributed by atoms with Crippen molar-refractivity contribution in [2.24, 2.45) is 10.8 Å². The molecule has 0 spiro atoms. The van der Waals surface area contributed by atoms with Crippen LogP contribution >= 0.6 is 0 Å². The number of hydrogen-bond acceptors (Lipinski definition) is 4. The third-order valence-electron chi connectivity index (χ3n) is 4.58. The second kappa shape index (κ2) is 3.71. The smallest absolute Gasteiger partial charge is 0.130 e. The van der Waals surface area contributed by atoms with Gasteiger partial charge in [-0.15, -0.1) is 0 Å². The van der Waals surface area contributed by atoms with E-state index in [9.17, 15) is 0 Å². The first-order valence-corrected chi connectivity index (χ1v) is 6.17. The summed E-state index contributed by atoms with van der Waals surface area (Å²) in [5.41, 5.74) is 1.01. The number of hydrogen-bond donors (Lipinski definition) is 0. The molecule has 0 radical (unpaired) electrons. The molecule has 4 heteroatoms. The fraction of sp³-hybridized carbons (Fsp3) is 0.250. The molecule has 0 aliphatic heterocycles. The van der Waals surface area contributed by atoms with Gasteiger partial charge in [0.2, 0.25) is 0 Å². The lowest BCUT2D eigenvalue weighted by molar-refractivity contribution is 0.228. The third-order valence-corrected chi connectivity index (χ3v) is 4.58. The zero-order valence-corrected chi connectivity index (χ0v) is 10.5. The Bertz CT molecular complexity index is 692. The molecule has 3 rings (SSSR count). The van der Waals surface area contributed by atoms with Crippen molar-refractivity contribution in [2.45, 2.75) is 12.8 Å². The van der Waals surface area contributed by atoms with Crippen LogP contribution in [0.25, 0.3) is 0 Å². The van der Waals surface area contributed by atoms with Crippen LogP contribution in [0.3, 0.4) is 0 Å². The van der Waals surface area contributed by atoms with Gasteiger partial charge >= 0.3 is 0 Å². The van der Waals surface area contributed by atoms with E-state index in [1.54, 1.807) is 0 Å². The zero-order valence-electron chi connectivity index (χ0n) is 10.5. The van der Waals surface area contributed by atoms with E-state index < -0.39 is 10.8 Å². The Morgan fingerprint density at radius 2 is 1.00 bits per heavy atom. The van der Waals surface area contributed by atoms with Crippen LogP contribution in [0.2, 0.25) is 0 Å². The summed E-state index contributed by atoms with van der Waals surface area (Å²) in [5.74, 6) is 0. The van der Waals surface area contributed by atoms with Crippen molar-refractivity contribution >= 4 is 0 Å². The SMILES string of the molecule is N#CC(C#N)=C1CCC(=C(C#N)C#N)C23C=CC12C=C3. The van der Waals surface area contributed by atoms with Gasteiger partial charge in [0.05, 0.1) is 0 Å². The fourth-order valence-corrected chi connectivity index (χ4v) is 3.54.